The van der Waals surface area contributed by atoms with Crippen LogP contribution in [0.1, 0.15) is 19.0 Å². The van der Waals surface area contributed by atoms with Gasteiger partial charge in [0.15, 0.2) is 0 Å². The molecule has 5 nitrogen and oxygen atoms in total. The molecule has 100 valence electrons. The molecule has 0 aliphatic carbocycles. The van der Waals surface area contributed by atoms with Crippen LogP contribution in [-0.4, -0.2) is 22.5 Å². The van der Waals surface area contributed by atoms with Crippen LogP contribution in [0.25, 0.3) is 11.0 Å². The lowest BCUT2D eigenvalue weighted by Crippen LogP contribution is -2.17. The maximum Gasteiger partial charge on any atom is 0.306 e. The Morgan fingerprint density at radius 2 is 2.26 bits per heavy atom. The van der Waals surface area contributed by atoms with Gasteiger partial charge >= 0.3 is 5.97 Å². The fourth-order valence-corrected chi connectivity index (χ4v) is 2.07. The highest BCUT2D eigenvalue weighted by molar-refractivity contribution is 9.10. The summed E-state index contributed by atoms with van der Waals surface area (Å²) in [5.41, 5.74) is 1.44. The van der Waals surface area contributed by atoms with Crippen molar-refractivity contribution in [2.45, 2.75) is 19.8 Å². The summed E-state index contributed by atoms with van der Waals surface area (Å²) < 4.78 is 5.71. The van der Waals surface area contributed by atoms with Crippen molar-refractivity contribution in [3.05, 3.63) is 38.7 Å². The van der Waals surface area contributed by atoms with E-state index in [2.05, 4.69) is 25.9 Å². The number of halogens is 1. The molecule has 1 aromatic heterocycles. The van der Waals surface area contributed by atoms with Gasteiger partial charge in [0.2, 0.25) is 0 Å². The van der Waals surface area contributed by atoms with E-state index >= 15 is 0 Å². The molecule has 6 heteroatoms. The topological polar surface area (TPSA) is 72.0 Å². The van der Waals surface area contributed by atoms with E-state index in [1.165, 1.54) is 0 Å². The molecule has 1 heterocycles. The van der Waals surface area contributed by atoms with E-state index in [0.29, 0.717) is 23.3 Å². The average molecular weight is 325 g/mol. The second kappa shape index (κ2) is 5.97. The van der Waals surface area contributed by atoms with E-state index in [4.69, 9.17) is 4.74 Å². The predicted octanol–water partition coefficient (Wildman–Crippen LogP) is 2.18. The number of aryl methyl sites for hydroxylation is 1. The van der Waals surface area contributed by atoms with Gasteiger partial charge in [0.1, 0.15) is 5.69 Å². The molecule has 19 heavy (non-hydrogen) atoms. The SMILES string of the molecule is CCOC(=O)CCc1nc2cc(Br)ccc2[nH]c1=O. The summed E-state index contributed by atoms with van der Waals surface area (Å²) >= 11 is 3.35. The second-order valence-electron chi connectivity index (χ2n) is 3.98. The largest absolute Gasteiger partial charge is 0.466 e. The first-order valence-electron chi connectivity index (χ1n) is 5.94. The van der Waals surface area contributed by atoms with Gasteiger partial charge in [0.05, 0.1) is 24.1 Å². The minimum absolute atomic E-state index is 0.156. The van der Waals surface area contributed by atoms with Crippen LogP contribution in [0.15, 0.2) is 27.5 Å². The standard InChI is InChI=1S/C13H13BrN2O3/c1-2-19-12(17)6-5-10-13(18)16-9-4-3-8(14)7-11(9)15-10/h3-4,7H,2,5-6H2,1H3,(H,16,18). The fourth-order valence-electron chi connectivity index (χ4n) is 1.72. The number of rotatable bonds is 4. The molecule has 0 amide bonds. The quantitative estimate of drug-likeness (QED) is 0.875. The Bertz CT molecular complexity index is 666. The number of ether oxygens (including phenoxy) is 1. The Hall–Kier alpha value is -1.69. The third-order valence-electron chi connectivity index (χ3n) is 2.60. The zero-order chi connectivity index (χ0) is 13.8. The maximum atomic E-state index is 11.8. The predicted molar refractivity (Wildman–Crippen MR) is 75.0 cm³/mol. The van der Waals surface area contributed by atoms with Gasteiger partial charge in [-0.05, 0) is 25.1 Å². The monoisotopic (exact) mass is 324 g/mol. The second-order valence-corrected chi connectivity index (χ2v) is 4.89. The number of carbonyl (C=O) groups excluding carboxylic acids is 1. The highest BCUT2D eigenvalue weighted by atomic mass is 79.9. The van der Waals surface area contributed by atoms with Crippen molar-refractivity contribution in [1.29, 1.82) is 0 Å². The molecule has 0 unspecified atom stereocenters. The number of H-pyrrole nitrogens is 1. The van der Waals surface area contributed by atoms with Gasteiger partial charge in [0.25, 0.3) is 5.56 Å². The van der Waals surface area contributed by atoms with E-state index in [1.807, 2.05) is 12.1 Å². The molecule has 0 saturated carbocycles. The van der Waals surface area contributed by atoms with Crippen LogP contribution in [0.3, 0.4) is 0 Å². The molecule has 0 atom stereocenters. The van der Waals surface area contributed by atoms with Gasteiger partial charge in [-0.1, -0.05) is 15.9 Å². The summed E-state index contributed by atoms with van der Waals surface area (Å²) in [6, 6.07) is 5.43. The van der Waals surface area contributed by atoms with E-state index in [9.17, 15) is 9.59 Å². The smallest absolute Gasteiger partial charge is 0.306 e. The zero-order valence-corrected chi connectivity index (χ0v) is 12.0. The molecule has 1 aromatic carbocycles. The molecule has 0 aliphatic heterocycles. The van der Waals surface area contributed by atoms with Crippen LogP contribution in [0, 0.1) is 0 Å². The van der Waals surface area contributed by atoms with Gasteiger partial charge in [-0.25, -0.2) is 4.98 Å². The number of hydrogen-bond donors (Lipinski definition) is 1. The molecule has 0 bridgehead atoms. The number of esters is 1. The number of carbonyl (C=O) groups is 1. The molecule has 0 spiro atoms. The Morgan fingerprint density at radius 1 is 1.47 bits per heavy atom. The summed E-state index contributed by atoms with van der Waals surface area (Å²) in [4.78, 5) is 30.1. The lowest BCUT2D eigenvalue weighted by molar-refractivity contribution is -0.143. The first-order chi connectivity index (χ1) is 9.10. The number of aromatic nitrogens is 2. The summed E-state index contributed by atoms with van der Waals surface area (Å²) in [5, 5.41) is 0. The van der Waals surface area contributed by atoms with Crippen LogP contribution in [0.2, 0.25) is 0 Å². The first kappa shape index (κ1) is 13.7. The van der Waals surface area contributed by atoms with Gasteiger partial charge in [-0.15, -0.1) is 0 Å². The Labute approximate surface area is 118 Å². The van der Waals surface area contributed by atoms with Crippen molar-refractivity contribution in [1.82, 2.24) is 9.97 Å². The van der Waals surface area contributed by atoms with Crippen molar-refractivity contribution >= 4 is 32.9 Å². The van der Waals surface area contributed by atoms with Crippen molar-refractivity contribution in [2.75, 3.05) is 6.61 Å². The number of nitrogens with zero attached hydrogens (tertiary/aromatic N) is 1. The van der Waals surface area contributed by atoms with Crippen molar-refractivity contribution in [3.63, 3.8) is 0 Å². The Kier molecular flexibility index (Phi) is 4.31. The molecule has 1 N–H and O–H groups in total. The third kappa shape index (κ3) is 3.41. The van der Waals surface area contributed by atoms with Gasteiger partial charge < -0.3 is 9.72 Å². The molecule has 0 radical (unpaired) electrons. The van der Waals surface area contributed by atoms with Crippen LogP contribution >= 0.6 is 15.9 Å². The van der Waals surface area contributed by atoms with Gasteiger partial charge in [0, 0.05) is 10.9 Å². The molecule has 0 saturated heterocycles. The van der Waals surface area contributed by atoms with Crippen molar-refractivity contribution in [3.8, 4) is 0 Å². The molecular weight excluding hydrogens is 312 g/mol. The van der Waals surface area contributed by atoms with Gasteiger partial charge in [-0.2, -0.15) is 0 Å². The number of fused-ring (bicyclic) bond motifs is 1. The molecule has 0 fully saturated rings. The molecular formula is C13H13BrN2O3. The Morgan fingerprint density at radius 3 is 3.00 bits per heavy atom. The van der Waals surface area contributed by atoms with E-state index in [-0.39, 0.29) is 24.4 Å². The van der Waals surface area contributed by atoms with Crippen LogP contribution in [0.5, 0.6) is 0 Å². The minimum Gasteiger partial charge on any atom is -0.466 e. The lowest BCUT2D eigenvalue weighted by Gasteiger charge is -2.03. The molecule has 2 aromatic rings. The zero-order valence-electron chi connectivity index (χ0n) is 10.4. The minimum atomic E-state index is -0.321. The average Bonchev–Trinajstić information content (AvgIpc) is 2.37. The maximum absolute atomic E-state index is 11.8. The third-order valence-corrected chi connectivity index (χ3v) is 3.09. The summed E-state index contributed by atoms with van der Waals surface area (Å²) in [7, 11) is 0. The van der Waals surface area contributed by atoms with E-state index < -0.39 is 0 Å². The Balaban J connectivity index is 2.25. The normalized spacial score (nSPS) is 10.6. The van der Waals surface area contributed by atoms with Crippen molar-refractivity contribution < 1.29 is 9.53 Å². The highest BCUT2D eigenvalue weighted by Gasteiger charge is 2.08. The van der Waals surface area contributed by atoms with Crippen LogP contribution in [0.4, 0.5) is 0 Å². The number of benzene rings is 1. The van der Waals surface area contributed by atoms with Crippen LogP contribution < -0.4 is 5.56 Å². The fraction of sp³-hybridized carbons (Fsp3) is 0.308. The first-order valence-corrected chi connectivity index (χ1v) is 6.73. The number of nitrogens with one attached hydrogen (secondary N) is 1. The van der Waals surface area contributed by atoms with Crippen molar-refractivity contribution in [2.24, 2.45) is 0 Å². The number of aromatic amines is 1. The van der Waals surface area contributed by atoms with E-state index in [1.54, 1.807) is 13.0 Å². The summed E-state index contributed by atoms with van der Waals surface area (Å²) in [5.74, 6) is -0.321. The van der Waals surface area contributed by atoms with Crippen LogP contribution in [-0.2, 0) is 16.0 Å². The molecule has 2 rings (SSSR count). The number of hydrogen-bond acceptors (Lipinski definition) is 4. The molecule has 0 aliphatic rings. The summed E-state index contributed by atoms with van der Waals surface area (Å²) in [6.07, 6.45) is 0.431. The lowest BCUT2D eigenvalue weighted by atomic mass is 10.2. The van der Waals surface area contributed by atoms with E-state index in [0.717, 1.165) is 4.47 Å². The van der Waals surface area contributed by atoms with Gasteiger partial charge in [-0.3, -0.25) is 9.59 Å². The highest BCUT2D eigenvalue weighted by Crippen LogP contribution is 2.15. The summed E-state index contributed by atoms with van der Waals surface area (Å²) in [6.45, 7) is 2.09.